The molecule has 39 heavy (non-hydrogen) atoms. The Morgan fingerprint density at radius 2 is 1.56 bits per heavy atom. The highest BCUT2D eigenvalue weighted by atomic mass is 32.2. The minimum Gasteiger partial charge on any atom is -0.487 e. The second-order valence-electron chi connectivity index (χ2n) is 7.70. The number of carbonyl (C=O) groups excluding carboxylic acids is 1. The van der Waals surface area contributed by atoms with Gasteiger partial charge in [0.1, 0.15) is 6.61 Å². The number of hydrogen-bond donors (Lipinski definition) is 0. The van der Waals surface area contributed by atoms with Crippen LogP contribution >= 0.6 is 11.8 Å². The molecular weight excluding hydrogens is 502 g/mol. The van der Waals surface area contributed by atoms with Gasteiger partial charge in [0, 0.05) is 28.0 Å². The molecule has 0 fully saturated rings. The van der Waals surface area contributed by atoms with E-state index >= 15 is 0 Å². The van der Waals surface area contributed by atoms with Gasteiger partial charge in [-0.15, -0.1) is 6.42 Å². The van der Waals surface area contributed by atoms with Gasteiger partial charge in [-0.3, -0.25) is 0 Å². The zero-order chi connectivity index (χ0) is 29.0. The molecule has 0 saturated heterocycles. The van der Waals surface area contributed by atoms with Gasteiger partial charge in [-0.1, -0.05) is 98.3 Å². The number of carbonyl (C=O) groups is 1. The average molecular weight is 542 g/mol. The van der Waals surface area contributed by atoms with Crippen LogP contribution in [0.5, 0.6) is 0 Å². The molecule has 0 aliphatic rings. The van der Waals surface area contributed by atoms with Crippen molar-refractivity contribution in [2.45, 2.75) is 51.0 Å². The van der Waals surface area contributed by atoms with E-state index in [1.54, 1.807) is 25.0 Å². The van der Waals surface area contributed by atoms with Crippen molar-refractivity contribution in [2.24, 2.45) is 4.99 Å². The van der Waals surface area contributed by atoms with Crippen LogP contribution in [0.3, 0.4) is 0 Å². The molecule has 0 aromatic heterocycles. The number of esters is 1. The van der Waals surface area contributed by atoms with E-state index in [-0.39, 0.29) is 12.2 Å². The Kier molecular flexibility index (Phi) is 16.2. The summed E-state index contributed by atoms with van der Waals surface area (Å²) >= 11 is 1.65. The Hall–Kier alpha value is -4.01. The Morgan fingerprint density at radius 1 is 0.974 bits per heavy atom. The Bertz CT molecular complexity index is 1280. The third-order valence-corrected chi connectivity index (χ3v) is 6.38. The highest BCUT2D eigenvalue weighted by Crippen LogP contribution is 2.39. The van der Waals surface area contributed by atoms with Gasteiger partial charge in [-0.25, -0.2) is 4.79 Å². The third kappa shape index (κ3) is 10.3. The molecule has 0 unspecified atom stereocenters. The zero-order valence-corrected chi connectivity index (χ0v) is 24.8. The van der Waals surface area contributed by atoms with Crippen LogP contribution in [0.2, 0.25) is 0 Å². The lowest BCUT2D eigenvalue weighted by atomic mass is 9.97. The average Bonchev–Trinajstić information content (AvgIpc) is 3.00. The number of rotatable bonds is 8. The summed E-state index contributed by atoms with van der Waals surface area (Å²) in [6, 6.07) is 25.8. The fourth-order valence-corrected chi connectivity index (χ4v) is 4.37. The summed E-state index contributed by atoms with van der Waals surface area (Å²) in [6.45, 7) is 10.2. The van der Waals surface area contributed by atoms with Crippen molar-refractivity contribution < 1.29 is 14.3 Å². The molecule has 204 valence electrons. The van der Waals surface area contributed by atoms with E-state index in [0.717, 1.165) is 32.1 Å². The van der Waals surface area contributed by atoms with E-state index < -0.39 is 5.97 Å². The molecule has 3 aromatic rings. The van der Waals surface area contributed by atoms with Crippen molar-refractivity contribution in [3.05, 3.63) is 107 Å². The lowest BCUT2D eigenvalue weighted by molar-refractivity contribution is -0.135. The van der Waals surface area contributed by atoms with Crippen LogP contribution in [0.4, 0.5) is 0 Å². The van der Waals surface area contributed by atoms with Crippen molar-refractivity contribution in [3.63, 3.8) is 0 Å². The minimum absolute atomic E-state index is 0.0560. The largest absolute Gasteiger partial charge is 0.487 e. The molecule has 0 amide bonds. The highest BCUT2D eigenvalue weighted by molar-refractivity contribution is 7.99. The number of aliphatic imine (C=N–C) groups is 1. The van der Waals surface area contributed by atoms with Gasteiger partial charge in [-0.2, -0.15) is 0 Å². The standard InChI is InChI=1S/C29H26O3S.C3H7N.C2H6/c1-5-21(3)27-25(18-13-19-26(27)33-23-16-11-8-12-17-23)28(24(6-2)29(30)31-4)32-20-22-14-9-7-10-15-22;1-3-4-2;1-2/h2,5,7-19H,20H2,1,3-4H3;3H,1-2H3;1-2H3/b21-5-,28-24-;;. The van der Waals surface area contributed by atoms with Crippen molar-refractivity contribution >= 4 is 35.3 Å². The first-order chi connectivity index (χ1) is 19.0. The molecule has 4 nitrogen and oxygen atoms in total. The van der Waals surface area contributed by atoms with Gasteiger partial charge in [0.25, 0.3) is 0 Å². The molecule has 0 radical (unpaired) electrons. The number of terminal acetylenes is 1. The molecule has 0 bridgehead atoms. The molecule has 0 aliphatic heterocycles. The number of methoxy groups -OCH3 is 1. The van der Waals surface area contributed by atoms with Crippen LogP contribution in [-0.2, 0) is 20.9 Å². The Labute approximate surface area is 238 Å². The van der Waals surface area contributed by atoms with E-state index in [0.29, 0.717) is 5.76 Å². The highest BCUT2D eigenvalue weighted by Gasteiger charge is 2.22. The maximum atomic E-state index is 12.6. The molecule has 0 N–H and O–H groups in total. The van der Waals surface area contributed by atoms with E-state index in [1.807, 2.05) is 101 Å². The smallest absolute Gasteiger partial charge is 0.350 e. The fraction of sp³-hybridized carbons (Fsp3) is 0.235. The van der Waals surface area contributed by atoms with Crippen molar-refractivity contribution in [1.82, 2.24) is 0 Å². The van der Waals surface area contributed by atoms with Gasteiger partial charge in [0.05, 0.1) is 7.11 Å². The maximum absolute atomic E-state index is 12.6. The molecule has 5 heteroatoms. The van der Waals surface area contributed by atoms with Crippen LogP contribution in [-0.4, -0.2) is 26.3 Å². The summed E-state index contributed by atoms with van der Waals surface area (Å²) in [5.41, 5.74) is 3.79. The van der Waals surface area contributed by atoms with Crippen LogP contribution in [0.1, 0.15) is 51.3 Å². The maximum Gasteiger partial charge on any atom is 0.350 e. The van der Waals surface area contributed by atoms with Gasteiger partial charge in [0.15, 0.2) is 11.3 Å². The summed E-state index contributed by atoms with van der Waals surface area (Å²) in [5, 5.41) is 0. The summed E-state index contributed by atoms with van der Waals surface area (Å²) in [4.78, 5) is 18.3. The molecule has 0 spiro atoms. The quantitative estimate of drug-likeness (QED) is 0.0940. The topological polar surface area (TPSA) is 47.9 Å². The molecule has 0 heterocycles. The van der Waals surface area contributed by atoms with Crippen LogP contribution in [0.25, 0.3) is 11.3 Å². The third-order valence-electron chi connectivity index (χ3n) is 5.31. The van der Waals surface area contributed by atoms with Gasteiger partial charge in [-0.05, 0) is 56.3 Å². The van der Waals surface area contributed by atoms with Gasteiger partial charge in [0.2, 0.25) is 0 Å². The van der Waals surface area contributed by atoms with E-state index in [4.69, 9.17) is 15.9 Å². The number of allylic oxidation sites excluding steroid dienone is 2. The monoisotopic (exact) mass is 541 g/mol. The van der Waals surface area contributed by atoms with Gasteiger partial charge < -0.3 is 14.5 Å². The second kappa shape index (κ2) is 19.1. The first-order valence-electron chi connectivity index (χ1n) is 12.8. The fourth-order valence-electron chi connectivity index (χ4n) is 3.31. The molecule has 0 atom stereocenters. The predicted octanol–water partition coefficient (Wildman–Crippen LogP) is 8.73. The first kappa shape index (κ1) is 33.0. The molecular formula is C34H39NO3S. The van der Waals surface area contributed by atoms with Gasteiger partial charge >= 0.3 is 5.97 Å². The number of hydrogen-bond acceptors (Lipinski definition) is 5. The van der Waals surface area contributed by atoms with Crippen molar-refractivity contribution in [1.29, 1.82) is 0 Å². The lowest BCUT2D eigenvalue weighted by Crippen LogP contribution is -2.10. The minimum atomic E-state index is -0.606. The SMILES string of the molecule is C#C/C(C(=O)OC)=C(/OCc1ccccc1)c1cccc(Sc2ccccc2)c1/C(C)=C\C.CC.CC=NC. The summed E-state index contributed by atoms with van der Waals surface area (Å²) in [7, 11) is 3.06. The summed E-state index contributed by atoms with van der Waals surface area (Å²) in [6.07, 6.45) is 9.56. The number of ether oxygens (including phenoxy) is 2. The van der Waals surface area contributed by atoms with Crippen LogP contribution < -0.4 is 0 Å². The predicted molar refractivity (Wildman–Crippen MR) is 167 cm³/mol. The molecule has 3 aromatic carbocycles. The zero-order valence-electron chi connectivity index (χ0n) is 24.0. The summed E-state index contributed by atoms with van der Waals surface area (Å²) in [5.74, 6) is 2.22. The van der Waals surface area contributed by atoms with Crippen LogP contribution in [0.15, 0.2) is 105 Å². The Balaban J connectivity index is 0.00000116. The first-order valence-corrected chi connectivity index (χ1v) is 13.6. The van der Waals surface area contributed by atoms with E-state index in [1.165, 1.54) is 7.11 Å². The molecule has 0 aliphatic carbocycles. The normalized spacial score (nSPS) is 11.2. The van der Waals surface area contributed by atoms with E-state index in [9.17, 15) is 4.79 Å². The second-order valence-corrected chi connectivity index (χ2v) is 8.81. The van der Waals surface area contributed by atoms with Crippen molar-refractivity contribution in [3.8, 4) is 12.3 Å². The number of nitrogens with zero attached hydrogens (tertiary/aromatic N) is 1. The van der Waals surface area contributed by atoms with Crippen LogP contribution in [0, 0.1) is 12.3 Å². The Morgan fingerprint density at radius 3 is 2.08 bits per heavy atom. The lowest BCUT2D eigenvalue weighted by Gasteiger charge is -2.19. The molecule has 0 saturated carbocycles. The van der Waals surface area contributed by atoms with Crippen molar-refractivity contribution in [2.75, 3.05) is 14.2 Å². The molecule has 3 rings (SSSR count). The number of benzene rings is 3. The summed E-state index contributed by atoms with van der Waals surface area (Å²) < 4.78 is 11.2. The van der Waals surface area contributed by atoms with E-state index in [2.05, 4.69) is 29.1 Å².